The zero-order valence-corrected chi connectivity index (χ0v) is 16.1. The highest BCUT2D eigenvalue weighted by atomic mass is 16.5. The summed E-state index contributed by atoms with van der Waals surface area (Å²) in [7, 11) is 1.70. The molecule has 3 atom stereocenters. The van der Waals surface area contributed by atoms with Gasteiger partial charge in [-0.3, -0.25) is 9.69 Å². The standard InChI is InChI=1S/C21H30N2O3/c1-14(2)26-13-19(24)23-12-18(15-4-6-17(25-3)7-5-15)21-20(23)16-8-10-22(21)11-9-16/h4-7,14,16,18,20-21H,8-13H2,1-3H3/t18-,20+,21+/m0/s1. The van der Waals surface area contributed by atoms with Crippen LogP contribution in [0, 0.1) is 5.92 Å². The summed E-state index contributed by atoms with van der Waals surface area (Å²) in [6, 6.07) is 9.19. The van der Waals surface area contributed by atoms with Gasteiger partial charge in [-0.2, -0.15) is 0 Å². The molecule has 142 valence electrons. The summed E-state index contributed by atoms with van der Waals surface area (Å²) in [5.74, 6) is 2.04. The van der Waals surface area contributed by atoms with E-state index in [0.717, 1.165) is 12.3 Å². The Morgan fingerprint density at radius 3 is 2.46 bits per heavy atom. The van der Waals surface area contributed by atoms with E-state index in [1.54, 1.807) is 7.11 Å². The van der Waals surface area contributed by atoms with Crippen LogP contribution in [0.15, 0.2) is 24.3 Å². The smallest absolute Gasteiger partial charge is 0.248 e. The molecule has 0 N–H and O–H groups in total. The van der Waals surface area contributed by atoms with Crippen molar-refractivity contribution < 1.29 is 14.3 Å². The van der Waals surface area contributed by atoms with Gasteiger partial charge in [0.15, 0.2) is 0 Å². The highest BCUT2D eigenvalue weighted by molar-refractivity contribution is 5.78. The fourth-order valence-electron chi connectivity index (χ4n) is 5.17. The molecular weight excluding hydrogens is 328 g/mol. The van der Waals surface area contributed by atoms with Gasteiger partial charge in [0, 0.05) is 18.5 Å². The van der Waals surface area contributed by atoms with Crippen molar-refractivity contribution >= 4 is 5.91 Å². The summed E-state index contributed by atoms with van der Waals surface area (Å²) in [6.07, 6.45) is 2.51. The Morgan fingerprint density at radius 2 is 1.85 bits per heavy atom. The number of methoxy groups -OCH3 is 1. The molecule has 2 bridgehead atoms. The molecule has 4 saturated heterocycles. The van der Waals surface area contributed by atoms with Gasteiger partial charge < -0.3 is 14.4 Å². The number of amides is 1. The summed E-state index contributed by atoms with van der Waals surface area (Å²) in [5, 5.41) is 0. The molecule has 4 heterocycles. The summed E-state index contributed by atoms with van der Waals surface area (Å²) in [6.45, 7) is 7.30. The molecule has 0 radical (unpaired) electrons. The van der Waals surface area contributed by atoms with E-state index in [1.165, 1.54) is 31.5 Å². The molecule has 5 nitrogen and oxygen atoms in total. The quantitative estimate of drug-likeness (QED) is 0.811. The van der Waals surface area contributed by atoms with Crippen LogP contribution in [0.4, 0.5) is 0 Å². The van der Waals surface area contributed by atoms with Gasteiger partial charge in [0.25, 0.3) is 0 Å². The summed E-state index contributed by atoms with van der Waals surface area (Å²) in [5.41, 5.74) is 1.31. The largest absolute Gasteiger partial charge is 0.497 e. The normalized spacial score (nSPS) is 32.8. The number of ether oxygens (including phenoxy) is 2. The molecule has 0 spiro atoms. The van der Waals surface area contributed by atoms with Gasteiger partial charge in [-0.05, 0) is 63.4 Å². The summed E-state index contributed by atoms with van der Waals surface area (Å²) < 4.78 is 10.9. The van der Waals surface area contributed by atoms with Crippen molar-refractivity contribution in [2.75, 3.05) is 33.4 Å². The number of hydrogen-bond acceptors (Lipinski definition) is 4. The maximum absolute atomic E-state index is 12.9. The topological polar surface area (TPSA) is 42.0 Å². The van der Waals surface area contributed by atoms with Gasteiger partial charge in [0.2, 0.25) is 5.91 Å². The van der Waals surface area contributed by atoms with Crippen LogP contribution in [0.25, 0.3) is 0 Å². The van der Waals surface area contributed by atoms with E-state index in [4.69, 9.17) is 9.47 Å². The first-order valence-corrected chi connectivity index (χ1v) is 9.87. The number of benzene rings is 1. The molecule has 0 unspecified atom stereocenters. The van der Waals surface area contributed by atoms with Crippen LogP contribution in [0.5, 0.6) is 5.75 Å². The second-order valence-electron chi connectivity index (χ2n) is 8.14. The van der Waals surface area contributed by atoms with Crippen molar-refractivity contribution in [3.05, 3.63) is 29.8 Å². The number of nitrogens with zero attached hydrogens (tertiary/aromatic N) is 2. The molecule has 4 aliphatic heterocycles. The number of carbonyl (C=O) groups excluding carboxylic acids is 1. The van der Waals surface area contributed by atoms with E-state index in [1.807, 2.05) is 26.0 Å². The zero-order valence-electron chi connectivity index (χ0n) is 16.1. The Kier molecular flexibility index (Phi) is 4.93. The van der Waals surface area contributed by atoms with Crippen LogP contribution < -0.4 is 4.74 Å². The van der Waals surface area contributed by atoms with Crippen LogP contribution in [0.3, 0.4) is 0 Å². The zero-order chi connectivity index (χ0) is 18.3. The molecule has 26 heavy (non-hydrogen) atoms. The van der Waals surface area contributed by atoms with Gasteiger partial charge in [-0.1, -0.05) is 12.1 Å². The number of fused-ring (bicyclic) bond motifs is 2. The lowest BCUT2D eigenvalue weighted by Crippen LogP contribution is -2.61. The van der Waals surface area contributed by atoms with Crippen LogP contribution in [0.2, 0.25) is 0 Å². The van der Waals surface area contributed by atoms with E-state index >= 15 is 0 Å². The minimum Gasteiger partial charge on any atom is -0.497 e. The molecular formula is C21H30N2O3. The van der Waals surface area contributed by atoms with E-state index in [9.17, 15) is 4.79 Å². The van der Waals surface area contributed by atoms with Crippen LogP contribution in [-0.2, 0) is 9.53 Å². The fraction of sp³-hybridized carbons (Fsp3) is 0.667. The van der Waals surface area contributed by atoms with Crippen molar-refractivity contribution in [3.8, 4) is 5.75 Å². The number of piperidine rings is 3. The number of carbonyl (C=O) groups is 1. The van der Waals surface area contributed by atoms with E-state index < -0.39 is 0 Å². The third-order valence-corrected chi connectivity index (χ3v) is 6.40. The van der Waals surface area contributed by atoms with E-state index in [-0.39, 0.29) is 18.6 Å². The molecule has 1 aromatic rings. The van der Waals surface area contributed by atoms with Gasteiger partial charge in [-0.25, -0.2) is 0 Å². The molecule has 5 heteroatoms. The minimum absolute atomic E-state index is 0.0845. The molecule has 5 rings (SSSR count). The lowest BCUT2D eigenvalue weighted by Gasteiger charge is -2.51. The average Bonchev–Trinajstić information content (AvgIpc) is 3.10. The van der Waals surface area contributed by atoms with Crippen LogP contribution >= 0.6 is 0 Å². The molecule has 4 fully saturated rings. The minimum atomic E-state index is 0.0845. The molecule has 4 aliphatic rings. The van der Waals surface area contributed by atoms with Crippen molar-refractivity contribution in [1.29, 1.82) is 0 Å². The second kappa shape index (κ2) is 7.20. The van der Waals surface area contributed by atoms with Gasteiger partial charge in [0.05, 0.1) is 19.3 Å². The molecule has 0 saturated carbocycles. The van der Waals surface area contributed by atoms with Crippen LogP contribution in [0.1, 0.15) is 38.2 Å². The lowest BCUT2D eigenvalue weighted by molar-refractivity contribution is -0.142. The third-order valence-electron chi connectivity index (χ3n) is 6.40. The maximum Gasteiger partial charge on any atom is 0.248 e. The second-order valence-corrected chi connectivity index (χ2v) is 8.14. The fourth-order valence-corrected chi connectivity index (χ4v) is 5.17. The monoisotopic (exact) mass is 358 g/mol. The number of likely N-dealkylation sites (tertiary alicyclic amines) is 1. The van der Waals surface area contributed by atoms with Crippen molar-refractivity contribution in [1.82, 2.24) is 9.80 Å². The first-order chi connectivity index (χ1) is 12.6. The Bertz CT molecular complexity index is 637. The first-order valence-electron chi connectivity index (χ1n) is 9.87. The highest BCUT2D eigenvalue weighted by Gasteiger charge is 2.54. The first kappa shape index (κ1) is 17.8. The summed E-state index contributed by atoms with van der Waals surface area (Å²) in [4.78, 5) is 17.7. The van der Waals surface area contributed by atoms with Crippen molar-refractivity contribution in [2.24, 2.45) is 5.92 Å². The lowest BCUT2D eigenvalue weighted by atomic mass is 9.75. The Balaban J connectivity index is 1.60. The van der Waals surface area contributed by atoms with Gasteiger partial charge in [-0.15, -0.1) is 0 Å². The third kappa shape index (κ3) is 3.12. The van der Waals surface area contributed by atoms with E-state index in [0.29, 0.717) is 23.9 Å². The van der Waals surface area contributed by atoms with Crippen LogP contribution in [-0.4, -0.2) is 67.2 Å². The Labute approximate surface area is 156 Å². The van der Waals surface area contributed by atoms with Gasteiger partial charge in [0.1, 0.15) is 12.4 Å². The number of rotatable bonds is 5. The predicted molar refractivity (Wildman–Crippen MR) is 100 cm³/mol. The molecule has 0 aliphatic carbocycles. The highest BCUT2D eigenvalue weighted by Crippen LogP contribution is 2.46. The maximum atomic E-state index is 12.9. The number of hydrogen-bond donors (Lipinski definition) is 0. The SMILES string of the molecule is COc1ccc([C@@H]2CN(C(=O)COC(C)C)[C@@H]3C4CCN(CC4)[C@@H]32)cc1. The Morgan fingerprint density at radius 1 is 1.15 bits per heavy atom. The molecule has 1 amide bonds. The summed E-state index contributed by atoms with van der Waals surface area (Å²) >= 11 is 0. The molecule has 1 aromatic carbocycles. The molecule has 0 aromatic heterocycles. The van der Waals surface area contributed by atoms with Crippen molar-refractivity contribution in [3.63, 3.8) is 0 Å². The van der Waals surface area contributed by atoms with Crippen molar-refractivity contribution in [2.45, 2.75) is 50.8 Å². The predicted octanol–water partition coefficient (Wildman–Crippen LogP) is 2.51. The van der Waals surface area contributed by atoms with Gasteiger partial charge >= 0.3 is 0 Å². The average molecular weight is 358 g/mol. The van der Waals surface area contributed by atoms with E-state index in [2.05, 4.69) is 21.9 Å². The Hall–Kier alpha value is -1.59.